The van der Waals surface area contributed by atoms with Gasteiger partial charge >= 0.3 is 0 Å². The Morgan fingerprint density at radius 3 is 2.48 bits per heavy atom. The van der Waals surface area contributed by atoms with Gasteiger partial charge < -0.3 is 15.5 Å². The number of unbranched alkanes of at least 4 members (excludes halogenated alkanes) is 2. The lowest BCUT2D eigenvalue weighted by molar-refractivity contribution is 0.224. The minimum Gasteiger partial charge on any atom is -0.356 e. The zero-order chi connectivity index (χ0) is 17.0. The molecule has 5 heteroatoms. The predicted molar refractivity (Wildman–Crippen MR) is 119 cm³/mol. The van der Waals surface area contributed by atoms with Crippen molar-refractivity contribution >= 4 is 29.9 Å². The zero-order valence-corrected chi connectivity index (χ0v) is 18.2. The molecule has 0 bridgehead atoms. The van der Waals surface area contributed by atoms with E-state index in [2.05, 4.69) is 51.7 Å². The largest absolute Gasteiger partial charge is 0.356 e. The van der Waals surface area contributed by atoms with Gasteiger partial charge in [-0.15, -0.1) is 24.0 Å². The second-order valence-electron chi connectivity index (χ2n) is 6.74. The second kappa shape index (κ2) is 13.4. The standard InChI is InChI=1S/C20H34N4.HI/c1-18(19-12-6-3-7-13-19)23-20(21-2)22-14-8-4-9-15-24-16-10-5-11-17-24;/h3,6-7,12-13,18H,4-5,8-11,14-17H2,1-2H3,(H2,21,22,23);1H. The summed E-state index contributed by atoms with van der Waals surface area (Å²) in [5.74, 6) is 0.891. The Morgan fingerprint density at radius 2 is 1.80 bits per heavy atom. The molecule has 1 unspecified atom stereocenters. The maximum Gasteiger partial charge on any atom is 0.191 e. The summed E-state index contributed by atoms with van der Waals surface area (Å²) in [6.07, 6.45) is 8.01. The van der Waals surface area contributed by atoms with Gasteiger partial charge in [0.05, 0.1) is 6.04 Å². The highest BCUT2D eigenvalue weighted by atomic mass is 127. The van der Waals surface area contributed by atoms with Crippen LogP contribution in [0.15, 0.2) is 35.3 Å². The quantitative estimate of drug-likeness (QED) is 0.266. The van der Waals surface area contributed by atoms with Gasteiger partial charge in [0.15, 0.2) is 5.96 Å². The van der Waals surface area contributed by atoms with Crippen LogP contribution in [0.2, 0.25) is 0 Å². The first kappa shape index (κ1) is 22.2. The minimum absolute atomic E-state index is 0. The van der Waals surface area contributed by atoms with E-state index in [-0.39, 0.29) is 30.0 Å². The van der Waals surface area contributed by atoms with E-state index in [1.165, 1.54) is 63.7 Å². The predicted octanol–water partition coefficient (Wildman–Crippen LogP) is 4.19. The van der Waals surface area contributed by atoms with Crippen molar-refractivity contribution in [2.45, 2.75) is 51.5 Å². The Hall–Kier alpha value is -0.820. The fourth-order valence-electron chi connectivity index (χ4n) is 3.25. The molecular weight excluding hydrogens is 423 g/mol. The maximum absolute atomic E-state index is 4.33. The van der Waals surface area contributed by atoms with Crippen molar-refractivity contribution in [1.29, 1.82) is 0 Å². The molecule has 1 atom stereocenters. The van der Waals surface area contributed by atoms with Crippen molar-refractivity contribution in [3.63, 3.8) is 0 Å². The van der Waals surface area contributed by atoms with Crippen LogP contribution < -0.4 is 10.6 Å². The number of halogens is 1. The van der Waals surface area contributed by atoms with Crippen molar-refractivity contribution in [1.82, 2.24) is 15.5 Å². The summed E-state index contributed by atoms with van der Waals surface area (Å²) in [6, 6.07) is 10.7. The molecule has 1 fully saturated rings. The normalized spacial score (nSPS) is 16.8. The molecule has 1 aromatic rings. The Labute approximate surface area is 170 Å². The van der Waals surface area contributed by atoms with Crippen LogP contribution in [-0.4, -0.2) is 44.1 Å². The average molecular weight is 458 g/mol. The number of likely N-dealkylation sites (tertiary alicyclic amines) is 1. The Morgan fingerprint density at radius 1 is 1.08 bits per heavy atom. The monoisotopic (exact) mass is 458 g/mol. The first-order valence-electron chi connectivity index (χ1n) is 9.54. The highest BCUT2D eigenvalue weighted by Crippen LogP contribution is 2.11. The van der Waals surface area contributed by atoms with Gasteiger partial charge in [0.1, 0.15) is 0 Å². The number of rotatable bonds is 8. The summed E-state index contributed by atoms with van der Waals surface area (Å²) < 4.78 is 0. The summed E-state index contributed by atoms with van der Waals surface area (Å²) in [6.45, 7) is 7.05. The lowest BCUT2D eigenvalue weighted by Crippen LogP contribution is -2.39. The van der Waals surface area contributed by atoms with E-state index in [1.54, 1.807) is 0 Å². The van der Waals surface area contributed by atoms with Gasteiger partial charge in [-0.05, 0) is 57.8 Å². The molecule has 0 aliphatic carbocycles. The molecule has 142 valence electrons. The SMILES string of the molecule is CN=C(NCCCCCN1CCCCC1)NC(C)c1ccccc1.I. The zero-order valence-electron chi connectivity index (χ0n) is 15.8. The van der Waals surface area contributed by atoms with E-state index < -0.39 is 0 Å². The number of aliphatic imine (C=N–C) groups is 1. The molecule has 4 nitrogen and oxygen atoms in total. The lowest BCUT2D eigenvalue weighted by atomic mass is 10.1. The molecular formula is C20H35IN4. The van der Waals surface area contributed by atoms with E-state index in [0.29, 0.717) is 0 Å². The van der Waals surface area contributed by atoms with Gasteiger partial charge in [0.2, 0.25) is 0 Å². The summed E-state index contributed by atoms with van der Waals surface area (Å²) in [5, 5.41) is 6.89. The highest BCUT2D eigenvalue weighted by Gasteiger charge is 2.09. The number of guanidine groups is 1. The maximum atomic E-state index is 4.33. The molecule has 1 saturated heterocycles. The first-order valence-corrected chi connectivity index (χ1v) is 9.54. The van der Waals surface area contributed by atoms with Crippen LogP contribution >= 0.6 is 24.0 Å². The summed E-state index contributed by atoms with van der Waals surface area (Å²) in [4.78, 5) is 6.95. The molecule has 25 heavy (non-hydrogen) atoms. The van der Waals surface area contributed by atoms with E-state index in [4.69, 9.17) is 0 Å². The van der Waals surface area contributed by atoms with E-state index >= 15 is 0 Å². The number of hydrogen-bond donors (Lipinski definition) is 2. The van der Waals surface area contributed by atoms with Crippen LogP contribution in [0.25, 0.3) is 0 Å². The van der Waals surface area contributed by atoms with Crippen LogP contribution in [-0.2, 0) is 0 Å². The number of piperidine rings is 1. The van der Waals surface area contributed by atoms with Crippen LogP contribution in [0.5, 0.6) is 0 Å². The third kappa shape index (κ3) is 8.90. The highest BCUT2D eigenvalue weighted by molar-refractivity contribution is 14.0. The Balaban J connectivity index is 0.00000312. The molecule has 0 saturated carbocycles. The van der Waals surface area contributed by atoms with Crippen LogP contribution in [0.1, 0.15) is 57.1 Å². The molecule has 2 N–H and O–H groups in total. The molecule has 1 aliphatic heterocycles. The molecule has 0 spiro atoms. The lowest BCUT2D eigenvalue weighted by Gasteiger charge is -2.26. The molecule has 0 amide bonds. The van der Waals surface area contributed by atoms with Crippen LogP contribution in [0, 0.1) is 0 Å². The van der Waals surface area contributed by atoms with Gasteiger partial charge in [0, 0.05) is 13.6 Å². The van der Waals surface area contributed by atoms with Gasteiger partial charge in [-0.2, -0.15) is 0 Å². The van der Waals surface area contributed by atoms with Gasteiger partial charge in [0.25, 0.3) is 0 Å². The van der Waals surface area contributed by atoms with Crippen molar-refractivity contribution in [2.24, 2.45) is 4.99 Å². The Bertz CT molecular complexity index is 472. The topological polar surface area (TPSA) is 39.7 Å². The van der Waals surface area contributed by atoms with E-state index in [0.717, 1.165) is 12.5 Å². The number of nitrogens with one attached hydrogen (secondary N) is 2. The number of nitrogens with zero attached hydrogens (tertiary/aromatic N) is 2. The van der Waals surface area contributed by atoms with Crippen molar-refractivity contribution in [3.05, 3.63) is 35.9 Å². The smallest absolute Gasteiger partial charge is 0.191 e. The molecule has 2 rings (SSSR count). The average Bonchev–Trinajstić information content (AvgIpc) is 2.65. The van der Waals surface area contributed by atoms with Crippen LogP contribution in [0.4, 0.5) is 0 Å². The van der Waals surface area contributed by atoms with Gasteiger partial charge in [-0.25, -0.2) is 0 Å². The fourth-order valence-corrected chi connectivity index (χ4v) is 3.25. The Kier molecular flexibility index (Phi) is 11.9. The van der Waals surface area contributed by atoms with Gasteiger partial charge in [-0.3, -0.25) is 4.99 Å². The van der Waals surface area contributed by atoms with Gasteiger partial charge in [-0.1, -0.05) is 43.2 Å². The molecule has 1 aromatic carbocycles. The van der Waals surface area contributed by atoms with E-state index in [1.807, 2.05) is 13.1 Å². The van der Waals surface area contributed by atoms with Crippen molar-refractivity contribution in [2.75, 3.05) is 33.2 Å². The van der Waals surface area contributed by atoms with Crippen molar-refractivity contribution < 1.29 is 0 Å². The summed E-state index contributed by atoms with van der Waals surface area (Å²) in [5.41, 5.74) is 1.28. The molecule has 0 radical (unpaired) electrons. The second-order valence-corrected chi connectivity index (χ2v) is 6.74. The number of hydrogen-bond acceptors (Lipinski definition) is 2. The molecule has 1 heterocycles. The molecule has 1 aliphatic rings. The number of benzene rings is 1. The third-order valence-corrected chi connectivity index (χ3v) is 4.77. The minimum atomic E-state index is 0. The van der Waals surface area contributed by atoms with Crippen molar-refractivity contribution in [3.8, 4) is 0 Å². The first-order chi connectivity index (χ1) is 11.8. The van der Waals surface area contributed by atoms with Crippen LogP contribution in [0.3, 0.4) is 0 Å². The fraction of sp³-hybridized carbons (Fsp3) is 0.650. The molecule has 0 aromatic heterocycles. The van der Waals surface area contributed by atoms with E-state index in [9.17, 15) is 0 Å². The summed E-state index contributed by atoms with van der Waals surface area (Å²) in [7, 11) is 1.84. The third-order valence-electron chi connectivity index (χ3n) is 4.77. The summed E-state index contributed by atoms with van der Waals surface area (Å²) >= 11 is 0.